The van der Waals surface area contributed by atoms with Gasteiger partial charge in [0.05, 0.1) is 9.95 Å². The molecule has 3 nitrogen and oxygen atoms in total. The number of benzene rings is 11. The van der Waals surface area contributed by atoms with E-state index in [2.05, 4.69) is 157 Å². The molecule has 0 fully saturated rings. The Morgan fingerprint density at radius 3 is 1.07 bits per heavy atom. The zero-order valence-electron chi connectivity index (χ0n) is 49.6. The van der Waals surface area contributed by atoms with Crippen molar-refractivity contribution in [1.82, 2.24) is 0 Å². The van der Waals surface area contributed by atoms with Crippen LogP contribution in [0.3, 0.4) is 0 Å². The van der Waals surface area contributed by atoms with Crippen molar-refractivity contribution in [2.45, 2.75) is 76.2 Å². The molecule has 0 heterocycles. The summed E-state index contributed by atoms with van der Waals surface area (Å²) in [4.78, 5) is 9.80. The van der Waals surface area contributed by atoms with Crippen molar-refractivity contribution in [2.75, 3.05) is 0 Å². The highest BCUT2D eigenvalue weighted by Crippen LogP contribution is 2.25. The van der Waals surface area contributed by atoms with E-state index in [4.69, 9.17) is 64.4 Å². The number of nitro benzene ring substituents is 1. The van der Waals surface area contributed by atoms with Gasteiger partial charge in [-0.25, -0.2) is 4.39 Å². The third-order valence-corrected chi connectivity index (χ3v) is 13.2. The summed E-state index contributed by atoms with van der Waals surface area (Å²) in [6.07, 6.45) is 5.15. The molecule has 0 aliphatic carbocycles. The fourth-order valence-corrected chi connectivity index (χ4v) is 7.93. The minimum absolute atomic E-state index is 0.0355. The van der Waals surface area contributed by atoms with Gasteiger partial charge in [0.15, 0.2) is 0 Å². The monoisotopic (exact) mass is 1210 g/mol. The molecule has 0 unspecified atom stereocenters. The summed E-state index contributed by atoms with van der Waals surface area (Å²) in [6, 6.07) is 77.0. The Bertz CT molecular complexity index is 3560. The van der Waals surface area contributed by atoms with Crippen LogP contribution in [-0.4, -0.2) is 4.92 Å². The van der Waals surface area contributed by atoms with Crippen molar-refractivity contribution in [2.24, 2.45) is 0 Å². The van der Waals surface area contributed by atoms with Crippen LogP contribution in [0.1, 0.15) is 66.8 Å². The average molecular weight is 1220 g/mol. The van der Waals surface area contributed by atoms with E-state index < -0.39 is 4.92 Å². The Labute approximate surface area is 523 Å². The van der Waals surface area contributed by atoms with Crippen LogP contribution in [0.15, 0.2) is 237 Å². The van der Waals surface area contributed by atoms with Gasteiger partial charge in [0.2, 0.25) is 0 Å². The second-order valence-corrected chi connectivity index (χ2v) is 22.0. The van der Waals surface area contributed by atoms with E-state index in [-0.39, 0.29) is 21.5 Å². The number of hydrogen-bond donors (Lipinski definition) is 0. The molecular weight excluding hydrogens is 1140 g/mol. The Kier molecular flexibility index (Phi) is 32.1. The summed E-state index contributed by atoms with van der Waals surface area (Å²) in [5, 5.41) is 18.2. The lowest BCUT2D eigenvalue weighted by Crippen LogP contribution is -1.89. The maximum absolute atomic E-state index is 12.4. The van der Waals surface area contributed by atoms with Gasteiger partial charge in [-0.05, 0) is 181 Å². The summed E-state index contributed by atoms with van der Waals surface area (Å²) < 4.78 is 12.4. The first kappa shape index (κ1) is 70.5. The summed E-state index contributed by atoms with van der Waals surface area (Å²) in [7, 11) is 0. The van der Waals surface area contributed by atoms with Gasteiger partial charge in [-0.2, -0.15) is 0 Å². The summed E-state index contributed by atoms with van der Waals surface area (Å²) in [6.45, 7) is 22.3. The predicted molar refractivity (Wildman–Crippen MR) is 365 cm³/mol. The molecule has 0 aliphatic heterocycles. The van der Waals surface area contributed by atoms with Gasteiger partial charge < -0.3 is 0 Å². The number of fused-ring (bicyclic) bond motifs is 2. The van der Waals surface area contributed by atoms with Crippen LogP contribution in [0.25, 0.3) is 21.5 Å². The Morgan fingerprint density at radius 1 is 0.333 bits per heavy atom. The number of halogens is 6. The molecule has 0 amide bonds. The smallest absolute Gasteiger partial charge is 0.258 e. The van der Waals surface area contributed by atoms with Crippen LogP contribution < -0.4 is 0 Å². The maximum Gasteiger partial charge on any atom is 0.288 e. The van der Waals surface area contributed by atoms with Crippen molar-refractivity contribution >= 4 is 85.2 Å². The molecule has 0 radical (unpaired) electrons. The third kappa shape index (κ3) is 29.5. The number of aryl methyl sites for hydroxylation is 11. The lowest BCUT2D eigenvalue weighted by molar-refractivity contribution is -0.384. The van der Waals surface area contributed by atoms with Crippen LogP contribution in [0, 0.1) is 104 Å². The second-order valence-electron chi connectivity index (χ2n) is 19.9. The first-order valence-corrected chi connectivity index (χ1v) is 28.8. The van der Waals surface area contributed by atoms with Gasteiger partial charge in [-0.15, -0.1) is 6.42 Å². The zero-order valence-corrected chi connectivity index (χ0v) is 53.4. The molecule has 11 rings (SSSR count). The molecule has 0 saturated carbocycles. The Hall–Kier alpha value is -7.72. The number of terminal acetylenes is 1. The molecule has 0 aliphatic rings. The molecule has 11 aromatic rings. The standard InChI is InChI=1S/C11H9Cl.C11H10.C9H8.2C8H10.C7H6ClF.C7H6ClNO2.2C7H7Cl/c1-8-2-3-10-7-11(12)5-4-9(10)6-8;1-9-6-7-10-4-2-3-5-11(10)8-9;1-3-9-6-4-8(2)5-7-9;2*1-7-3-5-8(2)6-4-7;1-5-2-3-6(8)7(9)4-5;1-5-2-3-6(8)7(4-5)9(10)11;1-6-2-4-7(8)5-3-6;1-6-3-2-4-7(8)5-6/h2-7H,1H3;2-8H,1H3;1,4-7H,2H3;2*3-6H,1-2H3;2-4H,1H3;2-4H,1H3;2*2-5H,1H3. The van der Waals surface area contributed by atoms with Crippen molar-refractivity contribution in [3.8, 4) is 12.3 Å². The fourth-order valence-electron chi connectivity index (χ4n) is 7.07. The van der Waals surface area contributed by atoms with Crippen LogP contribution in [0.4, 0.5) is 10.1 Å². The van der Waals surface area contributed by atoms with E-state index in [1.165, 1.54) is 89.8 Å². The topological polar surface area (TPSA) is 43.1 Å². The number of nitrogens with zero attached hydrogens (tertiary/aromatic N) is 1. The van der Waals surface area contributed by atoms with Gasteiger partial charge >= 0.3 is 0 Å². The van der Waals surface area contributed by atoms with Crippen molar-refractivity contribution < 1.29 is 9.31 Å². The first-order valence-electron chi connectivity index (χ1n) is 26.9. The Morgan fingerprint density at radius 2 is 0.667 bits per heavy atom. The van der Waals surface area contributed by atoms with E-state index >= 15 is 0 Å². The fraction of sp³-hybridized carbons (Fsp3) is 0.147. The second kappa shape index (κ2) is 38.2. The predicted octanol–water partition coefficient (Wildman–Crippen LogP) is 24.2. The molecule has 0 aromatic heterocycles. The van der Waals surface area contributed by atoms with Crippen molar-refractivity contribution in [1.29, 1.82) is 0 Å². The molecule has 432 valence electrons. The van der Waals surface area contributed by atoms with Crippen LogP contribution in [0.5, 0.6) is 0 Å². The molecular formula is C75H73Cl5FNO2. The molecule has 0 spiro atoms. The molecule has 0 saturated heterocycles. The van der Waals surface area contributed by atoms with E-state index in [9.17, 15) is 14.5 Å². The van der Waals surface area contributed by atoms with E-state index in [0.717, 1.165) is 31.8 Å². The largest absolute Gasteiger partial charge is 0.288 e. The molecule has 0 bridgehead atoms. The highest BCUT2D eigenvalue weighted by atomic mass is 35.5. The number of hydrogen-bond acceptors (Lipinski definition) is 2. The van der Waals surface area contributed by atoms with Gasteiger partial charge in [-0.1, -0.05) is 272 Å². The van der Waals surface area contributed by atoms with Crippen LogP contribution in [0.2, 0.25) is 25.1 Å². The minimum atomic E-state index is -0.491. The highest BCUT2D eigenvalue weighted by molar-refractivity contribution is 6.33. The van der Waals surface area contributed by atoms with E-state index in [1.807, 2.05) is 119 Å². The lowest BCUT2D eigenvalue weighted by Gasteiger charge is -1.98. The minimum Gasteiger partial charge on any atom is -0.258 e. The SMILES string of the molecule is C#Cc1ccc(C)cc1.Cc1ccc(C)cc1.Cc1ccc(C)cc1.Cc1ccc(Cl)c(F)c1.Cc1ccc(Cl)c([N+](=O)[O-])c1.Cc1ccc(Cl)cc1.Cc1ccc2cc(Cl)ccc2c1.Cc1ccc2ccccc2c1.Cc1cccc(Cl)c1. The number of nitro groups is 1. The van der Waals surface area contributed by atoms with Gasteiger partial charge in [-0.3, -0.25) is 10.1 Å². The molecule has 0 N–H and O–H groups in total. The molecule has 0 atom stereocenters. The molecule has 9 heteroatoms. The molecule has 11 aromatic carbocycles. The number of rotatable bonds is 1. The highest BCUT2D eigenvalue weighted by Gasteiger charge is 2.10. The quantitative estimate of drug-likeness (QED) is 0.0934. The van der Waals surface area contributed by atoms with Crippen molar-refractivity contribution in [3.63, 3.8) is 0 Å². The van der Waals surface area contributed by atoms with Gasteiger partial charge in [0.25, 0.3) is 5.69 Å². The first-order chi connectivity index (χ1) is 39.9. The van der Waals surface area contributed by atoms with E-state index in [0.29, 0.717) is 0 Å². The molecule has 84 heavy (non-hydrogen) atoms. The summed E-state index contributed by atoms with van der Waals surface area (Å²) in [5.41, 5.74) is 14.2. The average Bonchev–Trinajstić information content (AvgIpc) is 3.66. The van der Waals surface area contributed by atoms with Crippen molar-refractivity contribution in [3.05, 3.63) is 344 Å². The van der Waals surface area contributed by atoms with Crippen LogP contribution >= 0.6 is 58.0 Å². The normalized spacial score (nSPS) is 9.57. The maximum atomic E-state index is 12.4. The Balaban J connectivity index is 0.000000249. The third-order valence-electron chi connectivity index (χ3n) is 11.9. The van der Waals surface area contributed by atoms with E-state index in [1.54, 1.807) is 25.1 Å². The summed E-state index contributed by atoms with van der Waals surface area (Å²) in [5.74, 6) is 2.20. The van der Waals surface area contributed by atoms with Gasteiger partial charge in [0.1, 0.15) is 10.8 Å². The summed E-state index contributed by atoms with van der Waals surface area (Å²) >= 11 is 28.1. The van der Waals surface area contributed by atoms with Crippen LogP contribution in [-0.2, 0) is 0 Å². The lowest BCUT2D eigenvalue weighted by atomic mass is 10.1. The van der Waals surface area contributed by atoms with Gasteiger partial charge in [0, 0.05) is 26.7 Å². The zero-order chi connectivity index (χ0) is 62.1.